The van der Waals surface area contributed by atoms with E-state index >= 15 is 0 Å². The number of carbonyl (C=O) groups is 2. The minimum Gasteiger partial charge on any atom is -0.444 e. The zero-order chi connectivity index (χ0) is 14.5. The fraction of sp³-hybridized carbons (Fsp3) is 0.846. The first kappa shape index (κ1) is 15.8. The number of hydrogen-bond donors (Lipinski definition) is 2. The van der Waals surface area contributed by atoms with Crippen molar-refractivity contribution in [3.8, 4) is 0 Å². The first-order chi connectivity index (χ1) is 8.83. The van der Waals surface area contributed by atoms with Crippen LogP contribution < -0.4 is 10.6 Å². The maximum Gasteiger partial charge on any atom is 0.408 e. The van der Waals surface area contributed by atoms with E-state index in [1.54, 1.807) is 25.7 Å². The third-order valence-corrected chi connectivity index (χ3v) is 2.83. The highest BCUT2D eigenvalue weighted by atomic mass is 16.6. The van der Waals surface area contributed by atoms with E-state index in [0.717, 1.165) is 13.1 Å². The minimum atomic E-state index is -0.555. The van der Waals surface area contributed by atoms with Crippen molar-refractivity contribution < 1.29 is 14.3 Å². The van der Waals surface area contributed by atoms with Crippen LogP contribution >= 0.6 is 0 Å². The molecule has 6 heteroatoms. The van der Waals surface area contributed by atoms with Crippen LogP contribution in [0.25, 0.3) is 0 Å². The van der Waals surface area contributed by atoms with Gasteiger partial charge in [0.05, 0.1) is 0 Å². The van der Waals surface area contributed by atoms with Gasteiger partial charge >= 0.3 is 6.09 Å². The smallest absolute Gasteiger partial charge is 0.408 e. The molecule has 1 atom stereocenters. The van der Waals surface area contributed by atoms with E-state index in [9.17, 15) is 9.59 Å². The number of alkyl carbamates (subject to hydrolysis) is 1. The second-order valence-corrected chi connectivity index (χ2v) is 5.68. The molecular weight excluding hydrogens is 246 g/mol. The van der Waals surface area contributed by atoms with E-state index in [1.165, 1.54) is 0 Å². The summed E-state index contributed by atoms with van der Waals surface area (Å²) >= 11 is 0. The van der Waals surface area contributed by atoms with E-state index in [1.807, 2.05) is 6.92 Å². The quantitative estimate of drug-likeness (QED) is 0.793. The Kier molecular flexibility index (Phi) is 5.60. The number of nitrogens with one attached hydrogen (secondary N) is 2. The van der Waals surface area contributed by atoms with E-state index in [-0.39, 0.29) is 5.91 Å². The van der Waals surface area contributed by atoms with Crippen molar-refractivity contribution in [2.24, 2.45) is 0 Å². The lowest BCUT2D eigenvalue weighted by Crippen LogP contribution is -2.54. The van der Waals surface area contributed by atoms with Gasteiger partial charge in [-0.2, -0.15) is 0 Å². The predicted octanol–water partition coefficient (Wildman–Crippen LogP) is 0.722. The summed E-state index contributed by atoms with van der Waals surface area (Å²) in [5.41, 5.74) is -0.555. The first-order valence-electron chi connectivity index (χ1n) is 6.82. The van der Waals surface area contributed by atoms with E-state index < -0.39 is 17.7 Å². The van der Waals surface area contributed by atoms with Crippen molar-refractivity contribution in [1.29, 1.82) is 0 Å². The van der Waals surface area contributed by atoms with Crippen molar-refractivity contribution in [3.05, 3.63) is 0 Å². The molecule has 2 N–H and O–H groups in total. The average molecular weight is 271 g/mol. The van der Waals surface area contributed by atoms with Crippen molar-refractivity contribution in [3.63, 3.8) is 0 Å². The molecule has 1 fully saturated rings. The van der Waals surface area contributed by atoms with Crippen molar-refractivity contribution in [1.82, 2.24) is 15.5 Å². The molecule has 0 unspecified atom stereocenters. The van der Waals surface area contributed by atoms with Gasteiger partial charge in [0.25, 0.3) is 0 Å². The van der Waals surface area contributed by atoms with Crippen LogP contribution in [0.5, 0.6) is 0 Å². The molecule has 1 saturated heterocycles. The van der Waals surface area contributed by atoms with Crippen LogP contribution in [0.1, 0.15) is 34.1 Å². The van der Waals surface area contributed by atoms with Crippen LogP contribution in [0.4, 0.5) is 4.79 Å². The largest absolute Gasteiger partial charge is 0.444 e. The summed E-state index contributed by atoms with van der Waals surface area (Å²) in [5, 5.41) is 5.84. The third-order valence-electron chi connectivity index (χ3n) is 2.83. The Morgan fingerprint density at radius 3 is 2.37 bits per heavy atom. The fourth-order valence-corrected chi connectivity index (χ4v) is 1.89. The summed E-state index contributed by atoms with van der Waals surface area (Å²) in [4.78, 5) is 25.7. The van der Waals surface area contributed by atoms with E-state index in [4.69, 9.17) is 4.74 Å². The normalized spacial score (nSPS) is 17.8. The molecule has 110 valence electrons. The summed E-state index contributed by atoms with van der Waals surface area (Å²) in [6.45, 7) is 10.2. The topological polar surface area (TPSA) is 70.7 Å². The summed E-state index contributed by atoms with van der Waals surface area (Å²) in [6.07, 6.45) is 0.0185. The van der Waals surface area contributed by atoms with Crippen LogP contribution in [-0.2, 0) is 9.53 Å². The Bertz CT molecular complexity index is 320. The number of carbonyl (C=O) groups excluding carboxylic acids is 2. The van der Waals surface area contributed by atoms with Gasteiger partial charge in [-0.1, -0.05) is 6.92 Å². The highest BCUT2D eigenvalue weighted by Gasteiger charge is 2.27. The van der Waals surface area contributed by atoms with Crippen LogP contribution in [0.3, 0.4) is 0 Å². The van der Waals surface area contributed by atoms with Crippen LogP contribution in [0.2, 0.25) is 0 Å². The van der Waals surface area contributed by atoms with Gasteiger partial charge < -0.3 is 20.3 Å². The molecular formula is C13H25N3O3. The average Bonchev–Trinajstić information content (AvgIpc) is 2.34. The van der Waals surface area contributed by atoms with Crippen LogP contribution in [-0.4, -0.2) is 54.7 Å². The number of nitrogens with zero attached hydrogens (tertiary/aromatic N) is 1. The Balaban J connectivity index is 2.52. The van der Waals surface area contributed by atoms with Crippen molar-refractivity contribution in [2.45, 2.75) is 45.8 Å². The highest BCUT2D eigenvalue weighted by Crippen LogP contribution is 2.08. The Morgan fingerprint density at radius 2 is 1.89 bits per heavy atom. The summed E-state index contributed by atoms with van der Waals surface area (Å²) < 4.78 is 5.17. The van der Waals surface area contributed by atoms with Gasteiger partial charge in [0.2, 0.25) is 5.91 Å². The third kappa shape index (κ3) is 5.46. The molecule has 1 heterocycles. The first-order valence-corrected chi connectivity index (χ1v) is 6.82. The lowest BCUT2D eigenvalue weighted by Gasteiger charge is -2.31. The van der Waals surface area contributed by atoms with Gasteiger partial charge in [0.1, 0.15) is 11.6 Å². The lowest BCUT2D eigenvalue weighted by molar-refractivity contribution is -0.134. The van der Waals surface area contributed by atoms with E-state index in [2.05, 4.69) is 10.6 Å². The monoisotopic (exact) mass is 271 g/mol. The van der Waals surface area contributed by atoms with Gasteiger partial charge in [-0.25, -0.2) is 4.79 Å². The Labute approximate surface area is 114 Å². The zero-order valence-corrected chi connectivity index (χ0v) is 12.3. The number of ether oxygens (including phenoxy) is 1. The molecule has 0 bridgehead atoms. The molecule has 0 aromatic rings. The number of piperazine rings is 1. The van der Waals surface area contributed by atoms with E-state index in [0.29, 0.717) is 19.5 Å². The number of amides is 2. The Morgan fingerprint density at radius 1 is 1.32 bits per heavy atom. The standard InChI is InChI=1S/C13H25N3O3/c1-5-10(15-12(18)19-13(2,3)4)11(17)16-8-6-14-7-9-16/h10,14H,5-9H2,1-4H3,(H,15,18)/t10-/m0/s1. The molecule has 19 heavy (non-hydrogen) atoms. The van der Waals surface area contributed by atoms with Crippen LogP contribution in [0, 0.1) is 0 Å². The maximum absolute atomic E-state index is 12.3. The van der Waals surface area contributed by atoms with Crippen molar-refractivity contribution >= 4 is 12.0 Å². The number of rotatable bonds is 3. The van der Waals surface area contributed by atoms with Gasteiger partial charge in [0.15, 0.2) is 0 Å². The molecule has 0 aromatic carbocycles. The Hall–Kier alpha value is -1.30. The van der Waals surface area contributed by atoms with Crippen LogP contribution in [0.15, 0.2) is 0 Å². The second kappa shape index (κ2) is 6.75. The SMILES string of the molecule is CC[C@H](NC(=O)OC(C)(C)C)C(=O)N1CCNCC1. The van der Waals surface area contributed by atoms with Gasteiger partial charge in [-0.3, -0.25) is 4.79 Å². The summed E-state index contributed by atoms with van der Waals surface area (Å²) in [6, 6.07) is -0.507. The lowest BCUT2D eigenvalue weighted by atomic mass is 10.2. The summed E-state index contributed by atoms with van der Waals surface area (Å²) in [5.74, 6) is -0.0325. The van der Waals surface area contributed by atoms with Gasteiger partial charge in [0, 0.05) is 26.2 Å². The minimum absolute atomic E-state index is 0.0325. The van der Waals surface area contributed by atoms with Crippen molar-refractivity contribution in [2.75, 3.05) is 26.2 Å². The van der Waals surface area contributed by atoms with Gasteiger partial charge in [-0.15, -0.1) is 0 Å². The molecule has 0 spiro atoms. The fourth-order valence-electron chi connectivity index (χ4n) is 1.89. The second-order valence-electron chi connectivity index (χ2n) is 5.68. The molecule has 1 aliphatic rings. The maximum atomic E-state index is 12.3. The molecule has 6 nitrogen and oxygen atoms in total. The molecule has 0 radical (unpaired) electrons. The predicted molar refractivity (Wildman–Crippen MR) is 72.9 cm³/mol. The highest BCUT2D eigenvalue weighted by molar-refractivity contribution is 5.85. The molecule has 0 aromatic heterocycles. The zero-order valence-electron chi connectivity index (χ0n) is 12.3. The molecule has 2 amide bonds. The molecule has 1 aliphatic heterocycles. The number of hydrogen-bond acceptors (Lipinski definition) is 4. The summed E-state index contributed by atoms with van der Waals surface area (Å²) in [7, 11) is 0. The van der Waals surface area contributed by atoms with Gasteiger partial charge in [-0.05, 0) is 27.2 Å². The molecule has 1 rings (SSSR count). The molecule has 0 saturated carbocycles. The molecule has 0 aliphatic carbocycles.